The molecule has 1 heterocycles. The SMILES string of the molecule is OC[C@@H]1O[C@@H](Oc2ccc(Br)cc2)[C@@H](O)[C@H](O)[C@@H]1O. The fourth-order valence-corrected chi connectivity index (χ4v) is 2.08. The van der Waals surface area contributed by atoms with Gasteiger partial charge in [0.05, 0.1) is 6.61 Å². The minimum absolute atomic E-state index is 0.438. The van der Waals surface area contributed by atoms with E-state index in [0.29, 0.717) is 5.75 Å². The second-order valence-corrected chi connectivity index (χ2v) is 5.18. The summed E-state index contributed by atoms with van der Waals surface area (Å²) in [5.74, 6) is 0.438. The van der Waals surface area contributed by atoms with E-state index in [1.54, 1.807) is 24.3 Å². The van der Waals surface area contributed by atoms with Gasteiger partial charge >= 0.3 is 0 Å². The van der Waals surface area contributed by atoms with Crippen molar-refractivity contribution in [3.63, 3.8) is 0 Å². The standard InChI is InChI=1S/C12H15BrO6/c13-6-1-3-7(4-2-6)18-12-11(17)10(16)9(15)8(5-14)19-12/h1-4,8-12,14-17H,5H2/t8-,9+,10+,11-,12+/m0/s1. The summed E-state index contributed by atoms with van der Waals surface area (Å²) in [5.41, 5.74) is 0. The molecule has 0 bridgehead atoms. The third-order valence-corrected chi connectivity index (χ3v) is 3.44. The van der Waals surface area contributed by atoms with Crippen molar-refractivity contribution in [2.45, 2.75) is 30.7 Å². The number of rotatable bonds is 3. The van der Waals surface area contributed by atoms with Crippen LogP contribution in [0.15, 0.2) is 28.7 Å². The zero-order valence-corrected chi connectivity index (χ0v) is 11.5. The van der Waals surface area contributed by atoms with E-state index in [-0.39, 0.29) is 0 Å². The summed E-state index contributed by atoms with van der Waals surface area (Å²) in [5, 5.41) is 38.1. The van der Waals surface area contributed by atoms with Gasteiger partial charge in [-0.3, -0.25) is 0 Å². The smallest absolute Gasteiger partial charge is 0.229 e. The van der Waals surface area contributed by atoms with Crippen molar-refractivity contribution in [3.05, 3.63) is 28.7 Å². The molecule has 1 aliphatic heterocycles. The number of aliphatic hydroxyl groups is 4. The van der Waals surface area contributed by atoms with E-state index in [4.69, 9.17) is 14.6 Å². The van der Waals surface area contributed by atoms with Gasteiger partial charge in [-0.15, -0.1) is 0 Å². The number of aliphatic hydroxyl groups excluding tert-OH is 4. The normalized spacial score (nSPS) is 35.1. The van der Waals surface area contributed by atoms with Crippen LogP contribution in [0.3, 0.4) is 0 Å². The molecule has 2 rings (SSSR count). The maximum absolute atomic E-state index is 9.79. The van der Waals surface area contributed by atoms with Crippen molar-refractivity contribution in [2.24, 2.45) is 0 Å². The highest BCUT2D eigenvalue weighted by Gasteiger charge is 2.44. The predicted octanol–water partition coefficient (Wildman–Crippen LogP) is -0.372. The van der Waals surface area contributed by atoms with Crippen molar-refractivity contribution in [3.8, 4) is 5.75 Å². The third kappa shape index (κ3) is 3.25. The van der Waals surface area contributed by atoms with Crippen LogP contribution in [0.1, 0.15) is 0 Å². The van der Waals surface area contributed by atoms with Gasteiger partial charge in [0.2, 0.25) is 6.29 Å². The number of hydrogen-bond acceptors (Lipinski definition) is 6. The Hall–Kier alpha value is -0.700. The molecule has 6 nitrogen and oxygen atoms in total. The van der Waals surface area contributed by atoms with Crippen molar-refractivity contribution < 1.29 is 29.9 Å². The summed E-state index contributed by atoms with van der Waals surface area (Å²) < 4.78 is 11.5. The van der Waals surface area contributed by atoms with E-state index in [9.17, 15) is 15.3 Å². The lowest BCUT2D eigenvalue weighted by molar-refractivity contribution is -0.277. The van der Waals surface area contributed by atoms with Crippen LogP contribution >= 0.6 is 15.9 Å². The molecule has 0 radical (unpaired) electrons. The van der Waals surface area contributed by atoms with Crippen molar-refractivity contribution >= 4 is 15.9 Å². The molecule has 1 fully saturated rings. The lowest BCUT2D eigenvalue weighted by atomic mass is 9.99. The van der Waals surface area contributed by atoms with Crippen LogP contribution in [-0.2, 0) is 4.74 Å². The Kier molecular flexibility index (Phi) is 4.77. The third-order valence-electron chi connectivity index (χ3n) is 2.91. The molecular weight excluding hydrogens is 320 g/mol. The minimum atomic E-state index is -1.44. The Morgan fingerprint density at radius 2 is 1.68 bits per heavy atom. The van der Waals surface area contributed by atoms with E-state index < -0.39 is 37.3 Å². The molecule has 0 aliphatic carbocycles. The molecule has 7 heteroatoms. The van der Waals surface area contributed by atoms with Crippen LogP contribution in [0.2, 0.25) is 0 Å². The second-order valence-electron chi connectivity index (χ2n) is 4.27. The number of ether oxygens (including phenoxy) is 2. The first-order valence-corrected chi connectivity index (χ1v) is 6.55. The minimum Gasteiger partial charge on any atom is -0.462 e. The van der Waals surface area contributed by atoms with Crippen molar-refractivity contribution in [1.29, 1.82) is 0 Å². The molecule has 19 heavy (non-hydrogen) atoms. The molecule has 1 aromatic rings. The van der Waals surface area contributed by atoms with E-state index in [0.717, 1.165) is 4.47 Å². The molecule has 4 N–H and O–H groups in total. The zero-order valence-electron chi connectivity index (χ0n) is 9.89. The van der Waals surface area contributed by atoms with Crippen LogP contribution in [0.25, 0.3) is 0 Å². The average molecular weight is 335 g/mol. The highest BCUT2D eigenvalue weighted by atomic mass is 79.9. The van der Waals surface area contributed by atoms with Gasteiger partial charge < -0.3 is 29.9 Å². The van der Waals surface area contributed by atoms with Gasteiger partial charge in [-0.1, -0.05) is 15.9 Å². The lowest BCUT2D eigenvalue weighted by Gasteiger charge is -2.39. The van der Waals surface area contributed by atoms with E-state index in [1.807, 2.05) is 0 Å². The quantitative estimate of drug-likeness (QED) is 0.602. The fourth-order valence-electron chi connectivity index (χ4n) is 1.81. The molecular formula is C12H15BrO6. The highest BCUT2D eigenvalue weighted by Crippen LogP contribution is 2.25. The largest absolute Gasteiger partial charge is 0.462 e. The van der Waals surface area contributed by atoms with Crippen LogP contribution in [0, 0.1) is 0 Å². The Bertz CT molecular complexity index is 409. The van der Waals surface area contributed by atoms with E-state index in [2.05, 4.69) is 15.9 Å². The lowest BCUT2D eigenvalue weighted by Crippen LogP contribution is -2.60. The van der Waals surface area contributed by atoms with E-state index >= 15 is 0 Å². The summed E-state index contributed by atoms with van der Waals surface area (Å²) in [4.78, 5) is 0. The van der Waals surface area contributed by atoms with Gasteiger partial charge in [0.15, 0.2) is 0 Å². The number of benzene rings is 1. The molecule has 0 amide bonds. The van der Waals surface area contributed by atoms with Crippen molar-refractivity contribution in [1.82, 2.24) is 0 Å². The Balaban J connectivity index is 2.08. The van der Waals surface area contributed by atoms with E-state index in [1.165, 1.54) is 0 Å². The summed E-state index contributed by atoms with van der Waals surface area (Å²) in [6.45, 7) is -0.481. The zero-order chi connectivity index (χ0) is 14.0. The monoisotopic (exact) mass is 334 g/mol. The maximum atomic E-state index is 9.79. The Morgan fingerprint density at radius 1 is 1.05 bits per heavy atom. The number of hydrogen-bond donors (Lipinski definition) is 4. The molecule has 5 atom stereocenters. The Morgan fingerprint density at radius 3 is 2.26 bits per heavy atom. The average Bonchev–Trinajstić information content (AvgIpc) is 2.42. The van der Waals surface area contributed by atoms with Gasteiger partial charge in [-0.2, -0.15) is 0 Å². The molecule has 0 saturated carbocycles. The van der Waals surface area contributed by atoms with Gasteiger partial charge in [-0.25, -0.2) is 0 Å². The molecule has 0 aromatic heterocycles. The second kappa shape index (κ2) is 6.17. The maximum Gasteiger partial charge on any atom is 0.229 e. The van der Waals surface area contributed by atoms with Gasteiger partial charge in [0.1, 0.15) is 30.2 Å². The topological polar surface area (TPSA) is 99.4 Å². The molecule has 1 saturated heterocycles. The van der Waals surface area contributed by atoms with Crippen LogP contribution in [-0.4, -0.2) is 57.7 Å². The molecule has 0 spiro atoms. The van der Waals surface area contributed by atoms with Gasteiger partial charge in [0, 0.05) is 4.47 Å². The Labute approximate surface area is 118 Å². The van der Waals surface area contributed by atoms with Gasteiger partial charge in [0.25, 0.3) is 0 Å². The fraction of sp³-hybridized carbons (Fsp3) is 0.500. The molecule has 1 aromatic carbocycles. The first kappa shape index (κ1) is 14.7. The van der Waals surface area contributed by atoms with Crippen LogP contribution < -0.4 is 4.74 Å². The van der Waals surface area contributed by atoms with Crippen molar-refractivity contribution in [2.75, 3.05) is 6.61 Å². The summed E-state index contributed by atoms with van der Waals surface area (Å²) in [7, 11) is 0. The number of halogens is 1. The molecule has 0 unspecified atom stereocenters. The van der Waals surface area contributed by atoms with Crippen LogP contribution in [0.5, 0.6) is 5.75 Å². The first-order valence-electron chi connectivity index (χ1n) is 5.75. The highest BCUT2D eigenvalue weighted by molar-refractivity contribution is 9.10. The first-order chi connectivity index (χ1) is 9.02. The summed E-state index contributed by atoms with van der Waals surface area (Å²) in [6.07, 6.45) is -6.35. The predicted molar refractivity (Wildman–Crippen MR) is 68.5 cm³/mol. The molecule has 1 aliphatic rings. The molecule has 106 valence electrons. The van der Waals surface area contributed by atoms with Gasteiger partial charge in [-0.05, 0) is 24.3 Å². The summed E-state index contributed by atoms with van der Waals surface area (Å²) in [6, 6.07) is 6.82. The van der Waals surface area contributed by atoms with Crippen LogP contribution in [0.4, 0.5) is 0 Å². The summed E-state index contributed by atoms with van der Waals surface area (Å²) >= 11 is 3.28.